The smallest absolute Gasteiger partial charge is 0.140 e. The van der Waals surface area contributed by atoms with Crippen molar-refractivity contribution in [2.75, 3.05) is 13.2 Å². The molecule has 0 saturated heterocycles. The molecule has 20 heavy (non-hydrogen) atoms. The van der Waals surface area contributed by atoms with Crippen LogP contribution in [0.5, 0.6) is 5.75 Å². The molecule has 1 heterocycles. The van der Waals surface area contributed by atoms with Crippen LogP contribution >= 0.6 is 11.6 Å². The van der Waals surface area contributed by atoms with Gasteiger partial charge in [-0.05, 0) is 43.5 Å². The topological polar surface area (TPSA) is 53.9 Å². The van der Waals surface area contributed by atoms with E-state index in [4.69, 9.17) is 16.3 Å². The minimum Gasteiger partial charge on any atom is -0.489 e. The van der Waals surface area contributed by atoms with E-state index in [0.717, 1.165) is 29.8 Å². The van der Waals surface area contributed by atoms with Gasteiger partial charge in [0, 0.05) is 12.5 Å². The van der Waals surface area contributed by atoms with E-state index in [1.165, 1.54) is 0 Å². The fourth-order valence-corrected chi connectivity index (χ4v) is 2.60. The summed E-state index contributed by atoms with van der Waals surface area (Å²) in [7, 11) is 0. The van der Waals surface area contributed by atoms with Crippen LogP contribution in [0.15, 0.2) is 17.2 Å². The van der Waals surface area contributed by atoms with Gasteiger partial charge in [0.25, 0.3) is 0 Å². The number of nitrogens with one attached hydrogen (secondary N) is 1. The Balaban J connectivity index is 2.27. The first kappa shape index (κ1) is 15.1. The Bertz CT molecular complexity index is 492. The normalized spacial score (nSPS) is 20.1. The van der Waals surface area contributed by atoms with Gasteiger partial charge in [-0.1, -0.05) is 18.5 Å². The van der Waals surface area contributed by atoms with Crippen molar-refractivity contribution in [2.24, 2.45) is 11.0 Å². The Labute approximate surface area is 124 Å². The van der Waals surface area contributed by atoms with Gasteiger partial charge >= 0.3 is 0 Å². The highest BCUT2D eigenvalue weighted by molar-refractivity contribution is 6.32. The summed E-state index contributed by atoms with van der Waals surface area (Å²) in [6, 6.07) is 3.92. The molecular weight excluding hydrogens is 276 g/mol. The van der Waals surface area contributed by atoms with Crippen LogP contribution in [0.2, 0.25) is 5.02 Å². The molecule has 0 radical (unpaired) electrons. The second-order valence-corrected chi connectivity index (χ2v) is 5.77. The lowest BCUT2D eigenvalue weighted by molar-refractivity contribution is 0.122. The molecular formula is C15H21ClN2O2. The summed E-state index contributed by atoms with van der Waals surface area (Å²) in [5.41, 5.74) is 6.05. The second kappa shape index (κ2) is 6.46. The highest BCUT2D eigenvalue weighted by Crippen LogP contribution is 2.31. The average Bonchev–Trinajstić information content (AvgIpc) is 2.37. The average molecular weight is 297 g/mol. The molecule has 2 N–H and O–H groups in total. The monoisotopic (exact) mass is 296 g/mol. The summed E-state index contributed by atoms with van der Waals surface area (Å²) < 4.78 is 5.56. The molecule has 0 bridgehead atoms. The zero-order chi connectivity index (χ0) is 14.7. The SMILES string of the molecule is Cc1cc(C2=NNCCC2C)cc(Cl)c1OC[C@@H](C)O. The number of ether oxygens (including phenoxy) is 1. The third kappa shape index (κ3) is 3.44. The quantitative estimate of drug-likeness (QED) is 0.898. The lowest BCUT2D eigenvalue weighted by atomic mass is 9.93. The molecule has 4 nitrogen and oxygen atoms in total. The predicted octanol–water partition coefficient (Wildman–Crippen LogP) is 2.74. The van der Waals surface area contributed by atoms with Gasteiger partial charge in [-0.15, -0.1) is 0 Å². The van der Waals surface area contributed by atoms with Crippen molar-refractivity contribution in [2.45, 2.75) is 33.3 Å². The molecule has 2 atom stereocenters. The van der Waals surface area contributed by atoms with E-state index >= 15 is 0 Å². The van der Waals surface area contributed by atoms with Crippen molar-refractivity contribution in [3.63, 3.8) is 0 Å². The van der Waals surface area contributed by atoms with Crippen molar-refractivity contribution in [1.29, 1.82) is 0 Å². The number of hydrogen-bond donors (Lipinski definition) is 2. The van der Waals surface area contributed by atoms with Crippen molar-refractivity contribution in [3.8, 4) is 5.75 Å². The zero-order valence-electron chi connectivity index (χ0n) is 12.1. The number of aliphatic hydroxyl groups is 1. The highest BCUT2D eigenvalue weighted by atomic mass is 35.5. The van der Waals surface area contributed by atoms with Crippen molar-refractivity contribution < 1.29 is 9.84 Å². The molecule has 110 valence electrons. The number of hydrogen-bond acceptors (Lipinski definition) is 4. The molecule has 0 fully saturated rings. The predicted molar refractivity (Wildman–Crippen MR) is 81.7 cm³/mol. The summed E-state index contributed by atoms with van der Waals surface area (Å²) in [5.74, 6) is 1.05. The van der Waals surface area contributed by atoms with E-state index in [1.54, 1.807) is 6.92 Å². The van der Waals surface area contributed by atoms with Gasteiger partial charge in [0.1, 0.15) is 12.4 Å². The number of aryl methyl sites for hydroxylation is 1. The first-order valence-corrected chi connectivity index (χ1v) is 7.28. The molecule has 1 aromatic rings. The molecule has 0 spiro atoms. The maximum atomic E-state index is 9.29. The molecule has 0 saturated carbocycles. The van der Waals surface area contributed by atoms with Crippen LogP contribution in [0.3, 0.4) is 0 Å². The third-order valence-corrected chi connectivity index (χ3v) is 3.63. The molecule has 1 aliphatic heterocycles. The van der Waals surface area contributed by atoms with Gasteiger partial charge in [-0.2, -0.15) is 5.10 Å². The van der Waals surface area contributed by atoms with Crippen LogP contribution in [0.4, 0.5) is 0 Å². The van der Waals surface area contributed by atoms with Crippen molar-refractivity contribution in [1.82, 2.24) is 5.43 Å². The number of benzene rings is 1. The zero-order valence-corrected chi connectivity index (χ0v) is 12.9. The van der Waals surface area contributed by atoms with Gasteiger partial charge in [0.15, 0.2) is 0 Å². The summed E-state index contributed by atoms with van der Waals surface area (Å²) in [6.45, 7) is 6.95. The van der Waals surface area contributed by atoms with Gasteiger partial charge in [-0.3, -0.25) is 0 Å². The summed E-state index contributed by atoms with van der Waals surface area (Å²) in [5, 5.41) is 14.2. The lowest BCUT2D eigenvalue weighted by Gasteiger charge is -2.21. The maximum absolute atomic E-state index is 9.29. The second-order valence-electron chi connectivity index (χ2n) is 5.36. The minimum absolute atomic E-state index is 0.235. The van der Waals surface area contributed by atoms with E-state index in [1.807, 2.05) is 19.1 Å². The molecule has 1 aliphatic rings. The molecule has 0 aliphatic carbocycles. The first-order valence-electron chi connectivity index (χ1n) is 6.91. The van der Waals surface area contributed by atoms with Crippen LogP contribution in [0, 0.1) is 12.8 Å². The molecule has 0 amide bonds. The highest BCUT2D eigenvalue weighted by Gasteiger charge is 2.19. The van der Waals surface area contributed by atoms with Gasteiger partial charge in [0.2, 0.25) is 0 Å². The number of rotatable bonds is 4. The van der Waals surface area contributed by atoms with Crippen molar-refractivity contribution in [3.05, 3.63) is 28.3 Å². The van der Waals surface area contributed by atoms with Gasteiger partial charge in [0.05, 0.1) is 16.8 Å². The molecule has 1 aromatic carbocycles. The lowest BCUT2D eigenvalue weighted by Crippen LogP contribution is -2.27. The number of halogens is 1. The molecule has 5 heteroatoms. The fraction of sp³-hybridized carbons (Fsp3) is 0.533. The minimum atomic E-state index is -0.517. The number of nitrogens with zero attached hydrogens (tertiary/aromatic N) is 1. The molecule has 1 unspecified atom stereocenters. The number of hydrazone groups is 1. The van der Waals surface area contributed by atoms with Crippen LogP contribution in [-0.2, 0) is 0 Å². The van der Waals surface area contributed by atoms with Gasteiger partial charge in [-0.25, -0.2) is 0 Å². The number of aliphatic hydroxyl groups excluding tert-OH is 1. The summed E-state index contributed by atoms with van der Waals surface area (Å²) >= 11 is 6.30. The van der Waals surface area contributed by atoms with Crippen LogP contribution in [-0.4, -0.2) is 30.1 Å². The Morgan fingerprint density at radius 2 is 2.30 bits per heavy atom. The third-order valence-electron chi connectivity index (χ3n) is 3.35. The fourth-order valence-electron chi connectivity index (χ4n) is 2.28. The molecule has 0 aromatic heterocycles. The van der Waals surface area contributed by atoms with E-state index in [9.17, 15) is 5.11 Å². The van der Waals surface area contributed by atoms with Gasteiger partial charge < -0.3 is 15.3 Å². The summed E-state index contributed by atoms with van der Waals surface area (Å²) in [6.07, 6.45) is 0.549. The standard InChI is InChI=1S/C15H21ClN2O2/c1-9-4-5-17-18-14(9)12-6-10(2)15(13(16)7-12)20-8-11(3)19/h6-7,9,11,17,19H,4-5,8H2,1-3H3/t9?,11-/m1/s1. The Morgan fingerprint density at radius 1 is 1.55 bits per heavy atom. The first-order chi connectivity index (χ1) is 9.49. The molecule has 2 rings (SSSR count). The Hall–Kier alpha value is -1.26. The summed E-state index contributed by atoms with van der Waals surface area (Å²) in [4.78, 5) is 0. The maximum Gasteiger partial charge on any atom is 0.140 e. The van der Waals surface area contributed by atoms with E-state index < -0.39 is 6.10 Å². The van der Waals surface area contributed by atoms with Crippen LogP contribution in [0.25, 0.3) is 0 Å². The van der Waals surface area contributed by atoms with E-state index in [0.29, 0.717) is 16.7 Å². The van der Waals surface area contributed by atoms with Crippen LogP contribution < -0.4 is 10.2 Å². The van der Waals surface area contributed by atoms with E-state index in [-0.39, 0.29) is 6.61 Å². The Morgan fingerprint density at radius 3 is 2.90 bits per heavy atom. The van der Waals surface area contributed by atoms with E-state index in [2.05, 4.69) is 17.5 Å². The van der Waals surface area contributed by atoms with Crippen LogP contribution in [0.1, 0.15) is 31.4 Å². The Kier molecular flexibility index (Phi) is 4.89. The van der Waals surface area contributed by atoms with Crippen molar-refractivity contribution >= 4 is 17.3 Å². The largest absolute Gasteiger partial charge is 0.489 e.